The number of hydrogen-bond donors (Lipinski definition) is 0. The molecule has 0 N–H and O–H groups in total. The van der Waals surface area contributed by atoms with Gasteiger partial charge in [0.2, 0.25) is 0 Å². The van der Waals surface area contributed by atoms with Crippen LogP contribution in [0.3, 0.4) is 0 Å². The van der Waals surface area contributed by atoms with Gasteiger partial charge in [0.25, 0.3) is 22.4 Å². The zero-order valence-electron chi connectivity index (χ0n) is 7.95. The van der Waals surface area contributed by atoms with Crippen LogP contribution in [0.1, 0.15) is 10.4 Å². The number of non-ortho nitro benzene ring substituents is 1. The predicted molar refractivity (Wildman–Crippen MR) is 54.9 cm³/mol. The molecule has 0 amide bonds. The summed E-state index contributed by atoms with van der Waals surface area (Å²) in [5, 5.41) is 19.6. The third-order valence-corrected chi connectivity index (χ3v) is 1.98. The predicted octanol–water partition coefficient (Wildman–Crippen LogP) is 1.45. The van der Waals surface area contributed by atoms with Gasteiger partial charge in [0.1, 0.15) is 5.56 Å². The minimum atomic E-state index is -1.40. The van der Waals surface area contributed by atoms with Crippen LogP contribution in [0.4, 0.5) is 11.4 Å². The van der Waals surface area contributed by atoms with Gasteiger partial charge < -0.3 is 0 Å². The fourth-order valence-electron chi connectivity index (χ4n) is 1.08. The van der Waals surface area contributed by atoms with Crippen LogP contribution in [0.15, 0.2) is 18.2 Å². The number of hydrogen-bond acceptors (Lipinski definition) is 6. The van der Waals surface area contributed by atoms with E-state index in [-0.39, 0.29) is 0 Å². The molecule has 0 aliphatic carbocycles. The smallest absolute Gasteiger partial charge is 0.284 e. The first-order valence-corrected chi connectivity index (χ1v) is 4.39. The fourth-order valence-corrected chi connectivity index (χ4v) is 1.18. The molecular weight excluding hydrogens is 256 g/mol. The van der Waals surface area contributed by atoms with Crippen molar-refractivity contribution in [1.29, 1.82) is 0 Å². The summed E-state index contributed by atoms with van der Waals surface area (Å²) < 4.78 is 0. The number of carbonyl (C=O) groups excluding carboxylic acids is 2. The topological polar surface area (TPSA) is 120 Å². The highest BCUT2D eigenvalue weighted by Gasteiger charge is 2.26. The molecule has 0 unspecified atom stereocenters. The second kappa shape index (κ2) is 4.66. The summed E-state index contributed by atoms with van der Waals surface area (Å²) in [7, 11) is 0. The van der Waals surface area contributed by atoms with Gasteiger partial charge in [-0.3, -0.25) is 29.8 Å². The molecule has 0 heterocycles. The minimum absolute atomic E-state index is 0.560. The van der Waals surface area contributed by atoms with Crippen LogP contribution < -0.4 is 0 Å². The van der Waals surface area contributed by atoms with Crippen molar-refractivity contribution in [2.45, 2.75) is 0 Å². The molecule has 1 rings (SSSR count). The van der Waals surface area contributed by atoms with Gasteiger partial charge in [0.15, 0.2) is 0 Å². The van der Waals surface area contributed by atoms with E-state index in [1.165, 1.54) is 0 Å². The molecule has 0 aliphatic rings. The van der Waals surface area contributed by atoms with E-state index >= 15 is 0 Å². The van der Waals surface area contributed by atoms with Crippen LogP contribution in [-0.2, 0) is 4.79 Å². The lowest BCUT2D eigenvalue weighted by atomic mass is 10.1. The lowest BCUT2D eigenvalue weighted by Crippen LogP contribution is -2.10. The summed E-state index contributed by atoms with van der Waals surface area (Å²) in [5.41, 5.74) is -1.98. The Morgan fingerprint density at radius 3 is 2.12 bits per heavy atom. The lowest BCUT2D eigenvalue weighted by Gasteiger charge is -1.98. The van der Waals surface area contributed by atoms with Crippen LogP contribution in [0, 0.1) is 20.2 Å². The molecule has 1 aromatic rings. The second-order valence-corrected chi connectivity index (χ2v) is 3.16. The standard InChI is InChI=1S/C8H3ClN2O6/c9-8(13)7(12)5-2-1-4(10(14)15)3-6(5)11(16)17/h1-3H. The highest BCUT2D eigenvalue weighted by atomic mass is 35.5. The van der Waals surface area contributed by atoms with Gasteiger partial charge in [0, 0.05) is 6.07 Å². The van der Waals surface area contributed by atoms with E-state index in [0.717, 1.165) is 12.1 Å². The highest BCUT2D eigenvalue weighted by Crippen LogP contribution is 2.25. The van der Waals surface area contributed by atoms with Crippen molar-refractivity contribution < 1.29 is 19.4 Å². The van der Waals surface area contributed by atoms with Gasteiger partial charge >= 0.3 is 0 Å². The lowest BCUT2D eigenvalue weighted by molar-refractivity contribution is -0.394. The summed E-state index contributed by atoms with van der Waals surface area (Å²) in [6.07, 6.45) is 0. The van der Waals surface area contributed by atoms with Gasteiger partial charge in [-0.1, -0.05) is 0 Å². The molecule has 1 aromatic carbocycles. The number of rotatable bonds is 4. The molecule has 0 aromatic heterocycles. The molecule has 17 heavy (non-hydrogen) atoms. The Kier molecular flexibility index (Phi) is 3.49. The second-order valence-electron chi connectivity index (χ2n) is 2.82. The number of nitrogens with zero attached hydrogens (tertiary/aromatic N) is 2. The molecule has 0 atom stereocenters. The van der Waals surface area contributed by atoms with Crippen molar-refractivity contribution in [2.24, 2.45) is 0 Å². The molecule has 88 valence electrons. The summed E-state index contributed by atoms with van der Waals surface area (Å²) in [6, 6.07) is 2.28. The highest BCUT2D eigenvalue weighted by molar-refractivity contribution is 6.83. The van der Waals surface area contributed by atoms with Crippen molar-refractivity contribution in [1.82, 2.24) is 0 Å². The van der Waals surface area contributed by atoms with Gasteiger partial charge in [-0.2, -0.15) is 0 Å². The average Bonchev–Trinajstić information content (AvgIpc) is 2.26. The molecule has 0 bridgehead atoms. The third kappa shape index (κ3) is 2.61. The van der Waals surface area contributed by atoms with E-state index in [9.17, 15) is 29.8 Å². The number of benzene rings is 1. The monoisotopic (exact) mass is 258 g/mol. The van der Waals surface area contributed by atoms with Crippen molar-refractivity contribution >= 4 is 34.0 Å². The molecule has 0 radical (unpaired) electrons. The number of ketones is 1. The Morgan fingerprint density at radius 2 is 1.71 bits per heavy atom. The van der Waals surface area contributed by atoms with Gasteiger partial charge in [-0.05, 0) is 17.7 Å². The van der Waals surface area contributed by atoms with Crippen molar-refractivity contribution in [3.8, 4) is 0 Å². The molecule has 0 aliphatic heterocycles. The van der Waals surface area contributed by atoms with E-state index in [4.69, 9.17) is 11.6 Å². The Balaban J connectivity index is 3.42. The van der Waals surface area contributed by atoms with Crippen LogP contribution in [0.2, 0.25) is 0 Å². The normalized spacial score (nSPS) is 9.71. The molecule has 0 saturated heterocycles. The zero-order valence-corrected chi connectivity index (χ0v) is 8.71. The summed E-state index contributed by atoms with van der Waals surface area (Å²) in [4.78, 5) is 40.9. The van der Waals surface area contributed by atoms with Crippen LogP contribution >= 0.6 is 11.6 Å². The van der Waals surface area contributed by atoms with E-state index in [1.807, 2.05) is 0 Å². The fraction of sp³-hybridized carbons (Fsp3) is 0. The number of Topliss-reactive ketones (excluding diaryl/α,β-unsaturated/α-hetero) is 1. The maximum absolute atomic E-state index is 11.2. The van der Waals surface area contributed by atoms with Crippen molar-refractivity contribution in [3.05, 3.63) is 44.0 Å². The summed E-state index contributed by atoms with van der Waals surface area (Å²) >= 11 is 4.90. The van der Waals surface area contributed by atoms with E-state index in [2.05, 4.69) is 0 Å². The van der Waals surface area contributed by atoms with Gasteiger partial charge in [-0.25, -0.2) is 0 Å². The summed E-state index contributed by atoms with van der Waals surface area (Å²) in [6.45, 7) is 0. The number of nitro benzene ring substituents is 2. The molecule has 0 saturated carbocycles. The largest absolute Gasteiger partial charge is 0.293 e. The number of carbonyl (C=O) groups is 2. The SMILES string of the molecule is O=C(Cl)C(=O)c1ccc([N+](=O)[O-])cc1[N+](=O)[O-]. The first-order valence-electron chi connectivity index (χ1n) is 4.01. The Hall–Kier alpha value is -2.35. The van der Waals surface area contributed by atoms with Crippen LogP contribution in [0.5, 0.6) is 0 Å². The maximum Gasteiger partial charge on any atom is 0.293 e. The van der Waals surface area contributed by atoms with Crippen LogP contribution in [-0.4, -0.2) is 20.9 Å². The molecule has 8 nitrogen and oxygen atoms in total. The first kappa shape index (κ1) is 12.7. The Bertz CT molecular complexity index is 541. The van der Waals surface area contributed by atoms with Gasteiger partial charge in [0.05, 0.1) is 15.9 Å². The van der Waals surface area contributed by atoms with E-state index < -0.39 is 37.8 Å². The quantitative estimate of drug-likeness (QED) is 0.265. The maximum atomic E-state index is 11.2. The third-order valence-electron chi connectivity index (χ3n) is 1.81. The Morgan fingerprint density at radius 1 is 1.12 bits per heavy atom. The van der Waals surface area contributed by atoms with E-state index in [0.29, 0.717) is 6.07 Å². The van der Waals surface area contributed by atoms with Crippen molar-refractivity contribution in [2.75, 3.05) is 0 Å². The molecule has 0 spiro atoms. The zero-order chi connectivity index (χ0) is 13.2. The Labute approximate surface area is 98.1 Å². The van der Waals surface area contributed by atoms with Crippen molar-refractivity contribution in [3.63, 3.8) is 0 Å². The van der Waals surface area contributed by atoms with Gasteiger partial charge in [-0.15, -0.1) is 0 Å². The molecular formula is C8H3ClN2O6. The number of halogens is 1. The molecule has 9 heteroatoms. The number of nitro groups is 2. The first-order chi connectivity index (χ1) is 7.84. The van der Waals surface area contributed by atoms with E-state index in [1.54, 1.807) is 0 Å². The average molecular weight is 259 g/mol. The summed E-state index contributed by atoms with van der Waals surface area (Å²) in [5.74, 6) is -1.28. The van der Waals surface area contributed by atoms with Crippen LogP contribution in [0.25, 0.3) is 0 Å². The minimum Gasteiger partial charge on any atom is -0.284 e. The molecule has 0 fully saturated rings.